The summed E-state index contributed by atoms with van der Waals surface area (Å²) >= 11 is 0. The summed E-state index contributed by atoms with van der Waals surface area (Å²) in [6, 6.07) is 3.84. The monoisotopic (exact) mass is 318 g/mol. The van der Waals surface area contributed by atoms with Gasteiger partial charge in [0, 0.05) is 12.6 Å². The van der Waals surface area contributed by atoms with Crippen LogP contribution in [0.2, 0.25) is 0 Å². The van der Waals surface area contributed by atoms with E-state index < -0.39 is 37.6 Å². The van der Waals surface area contributed by atoms with Gasteiger partial charge in [0.15, 0.2) is 11.0 Å². The van der Waals surface area contributed by atoms with Gasteiger partial charge >= 0.3 is 5.97 Å². The number of carbonyl (C=O) groups is 1. The molecule has 3 N–H and O–H groups in total. The van der Waals surface area contributed by atoms with Gasteiger partial charge in [-0.25, -0.2) is 17.9 Å². The molecule has 21 heavy (non-hydrogen) atoms. The van der Waals surface area contributed by atoms with E-state index in [0.717, 1.165) is 6.07 Å². The largest absolute Gasteiger partial charge is 0.479 e. The highest BCUT2D eigenvalue weighted by molar-refractivity contribution is 7.89. The number of hydrogen-bond donors (Lipinski definition) is 3. The van der Waals surface area contributed by atoms with Crippen LogP contribution >= 0.6 is 0 Å². The number of aliphatic carboxylic acids is 1. The van der Waals surface area contributed by atoms with E-state index in [1.807, 2.05) is 4.72 Å². The number of carboxylic acids is 1. The molecule has 0 amide bonds. The van der Waals surface area contributed by atoms with E-state index in [-0.39, 0.29) is 18.5 Å². The van der Waals surface area contributed by atoms with Crippen LogP contribution in [0.3, 0.4) is 0 Å². The minimum Gasteiger partial charge on any atom is -0.479 e. The molecule has 0 saturated heterocycles. The molecule has 1 aromatic rings. The van der Waals surface area contributed by atoms with Crippen LogP contribution in [0.25, 0.3) is 0 Å². The normalized spacial score (nSPS) is 12.9. The minimum atomic E-state index is -4.18. The van der Waals surface area contributed by atoms with Crippen molar-refractivity contribution in [1.82, 2.24) is 4.72 Å². The number of aryl methyl sites for hydroxylation is 1. The lowest BCUT2D eigenvalue weighted by atomic mass is 10.2. The zero-order valence-electron chi connectivity index (χ0n) is 11.0. The van der Waals surface area contributed by atoms with Crippen molar-refractivity contribution in [2.45, 2.75) is 24.3 Å². The quantitative estimate of drug-likeness (QED) is 0.474. The number of nitrogens with one attached hydrogen (secondary N) is 1. The standard InChI is InChI=1S/C11H14N2O7S/c1-7-3-2-4-8(13(17)18)10(7)21(19,20)12-6-5-9(14)11(15)16/h2-4,9,12,14H,5-6H2,1H3,(H,15,16). The molecule has 0 aliphatic heterocycles. The van der Waals surface area contributed by atoms with Gasteiger partial charge in [0.1, 0.15) is 0 Å². The fourth-order valence-electron chi connectivity index (χ4n) is 1.66. The van der Waals surface area contributed by atoms with Crippen molar-refractivity contribution in [2.75, 3.05) is 6.54 Å². The molecule has 116 valence electrons. The summed E-state index contributed by atoms with van der Waals surface area (Å²) in [6.07, 6.45) is -2.06. The second-order valence-electron chi connectivity index (χ2n) is 4.22. The van der Waals surface area contributed by atoms with Crippen LogP contribution in [0, 0.1) is 17.0 Å². The minimum absolute atomic E-state index is 0.190. The van der Waals surface area contributed by atoms with Crippen molar-refractivity contribution >= 4 is 21.7 Å². The predicted octanol–water partition coefficient (Wildman–Crippen LogP) is 0.0171. The molecular weight excluding hydrogens is 304 g/mol. The molecule has 0 bridgehead atoms. The first-order chi connectivity index (χ1) is 9.66. The average Bonchev–Trinajstić information content (AvgIpc) is 2.37. The first-order valence-electron chi connectivity index (χ1n) is 5.81. The number of rotatable bonds is 7. The van der Waals surface area contributed by atoms with Gasteiger partial charge in [-0.1, -0.05) is 12.1 Å². The highest BCUT2D eigenvalue weighted by Gasteiger charge is 2.27. The second kappa shape index (κ2) is 6.61. The summed E-state index contributed by atoms with van der Waals surface area (Å²) in [6.45, 7) is 1.05. The number of sulfonamides is 1. The summed E-state index contributed by atoms with van der Waals surface area (Å²) in [5.41, 5.74) is -0.378. The molecule has 0 aromatic heterocycles. The van der Waals surface area contributed by atoms with Crippen molar-refractivity contribution in [3.63, 3.8) is 0 Å². The molecular formula is C11H14N2O7S. The zero-order valence-corrected chi connectivity index (χ0v) is 11.8. The van der Waals surface area contributed by atoms with Gasteiger partial charge in [0.2, 0.25) is 10.0 Å². The van der Waals surface area contributed by atoms with Gasteiger partial charge in [-0.15, -0.1) is 0 Å². The third-order valence-electron chi connectivity index (χ3n) is 2.65. The Kier molecular flexibility index (Phi) is 5.35. The highest BCUT2D eigenvalue weighted by Crippen LogP contribution is 2.26. The smallest absolute Gasteiger partial charge is 0.332 e. The SMILES string of the molecule is Cc1cccc([N+](=O)[O-])c1S(=O)(=O)NCCC(O)C(=O)O. The lowest BCUT2D eigenvalue weighted by Crippen LogP contribution is -2.30. The van der Waals surface area contributed by atoms with Crippen molar-refractivity contribution in [3.8, 4) is 0 Å². The van der Waals surface area contributed by atoms with Crippen LogP contribution in [0.1, 0.15) is 12.0 Å². The molecule has 0 aliphatic rings. The van der Waals surface area contributed by atoms with Gasteiger partial charge in [-0.05, 0) is 18.9 Å². The number of benzene rings is 1. The zero-order chi connectivity index (χ0) is 16.2. The number of aliphatic hydroxyl groups is 1. The Labute approximate surface area is 120 Å². The summed E-state index contributed by atoms with van der Waals surface area (Å²) in [4.78, 5) is 20.0. The predicted molar refractivity (Wildman–Crippen MR) is 71.3 cm³/mol. The van der Waals surface area contributed by atoms with E-state index in [9.17, 15) is 23.3 Å². The molecule has 0 saturated carbocycles. The van der Waals surface area contributed by atoms with Gasteiger partial charge < -0.3 is 10.2 Å². The molecule has 0 fully saturated rings. The number of carboxylic acid groups (broad SMARTS) is 1. The molecule has 1 atom stereocenters. The van der Waals surface area contributed by atoms with E-state index >= 15 is 0 Å². The van der Waals surface area contributed by atoms with Gasteiger partial charge in [0.05, 0.1) is 4.92 Å². The van der Waals surface area contributed by atoms with Crippen molar-refractivity contribution < 1.29 is 28.3 Å². The first-order valence-corrected chi connectivity index (χ1v) is 7.29. The number of aliphatic hydroxyl groups excluding tert-OH is 1. The van der Waals surface area contributed by atoms with Gasteiger partial charge in [0.25, 0.3) is 5.69 Å². The molecule has 1 rings (SSSR count). The molecule has 0 radical (unpaired) electrons. The van der Waals surface area contributed by atoms with Crippen molar-refractivity contribution in [2.24, 2.45) is 0 Å². The number of nitrogens with zero attached hydrogens (tertiary/aromatic N) is 1. The third-order valence-corrected chi connectivity index (χ3v) is 4.30. The maximum absolute atomic E-state index is 12.1. The van der Waals surface area contributed by atoms with E-state index in [1.165, 1.54) is 19.1 Å². The lowest BCUT2D eigenvalue weighted by molar-refractivity contribution is -0.387. The van der Waals surface area contributed by atoms with Crippen molar-refractivity contribution in [3.05, 3.63) is 33.9 Å². The summed E-state index contributed by atoms with van der Waals surface area (Å²) in [5, 5.41) is 28.4. The molecule has 10 heteroatoms. The van der Waals surface area contributed by atoms with Crippen LogP contribution in [0.4, 0.5) is 5.69 Å². The maximum Gasteiger partial charge on any atom is 0.332 e. The van der Waals surface area contributed by atoms with Crippen LogP contribution in [0.5, 0.6) is 0 Å². The average molecular weight is 318 g/mol. The van der Waals surface area contributed by atoms with Gasteiger partial charge in [-0.2, -0.15) is 0 Å². The van der Waals surface area contributed by atoms with Crippen molar-refractivity contribution in [1.29, 1.82) is 0 Å². The number of hydrogen-bond acceptors (Lipinski definition) is 6. The fraction of sp³-hybridized carbons (Fsp3) is 0.364. The Morgan fingerprint density at radius 3 is 2.62 bits per heavy atom. The van der Waals surface area contributed by atoms with Crippen LogP contribution in [-0.2, 0) is 14.8 Å². The van der Waals surface area contributed by atoms with Crippen LogP contribution in [0.15, 0.2) is 23.1 Å². The summed E-state index contributed by atoms with van der Waals surface area (Å²) in [7, 11) is -4.18. The Morgan fingerprint density at radius 1 is 1.48 bits per heavy atom. The Balaban J connectivity index is 2.99. The van der Waals surface area contributed by atoms with Crippen LogP contribution < -0.4 is 4.72 Å². The van der Waals surface area contributed by atoms with E-state index in [1.54, 1.807) is 0 Å². The second-order valence-corrected chi connectivity index (χ2v) is 5.92. The molecule has 1 aromatic carbocycles. The van der Waals surface area contributed by atoms with E-state index in [2.05, 4.69) is 0 Å². The molecule has 0 aliphatic carbocycles. The Bertz CT molecular complexity index is 657. The number of nitro benzene ring substituents is 1. The summed E-state index contributed by atoms with van der Waals surface area (Å²) in [5.74, 6) is -1.48. The summed E-state index contributed by atoms with van der Waals surface area (Å²) < 4.78 is 26.2. The maximum atomic E-state index is 12.1. The Hall–Kier alpha value is -2.04. The van der Waals surface area contributed by atoms with Gasteiger partial charge in [-0.3, -0.25) is 10.1 Å². The Morgan fingerprint density at radius 2 is 2.10 bits per heavy atom. The first kappa shape index (κ1) is 17.0. The molecule has 1 unspecified atom stereocenters. The van der Waals surface area contributed by atoms with Crippen LogP contribution in [-0.4, -0.2) is 42.2 Å². The third kappa shape index (κ3) is 4.21. The fourth-order valence-corrected chi connectivity index (χ4v) is 3.10. The highest BCUT2D eigenvalue weighted by atomic mass is 32.2. The topological polar surface area (TPSA) is 147 Å². The molecule has 0 spiro atoms. The number of nitro groups is 1. The van der Waals surface area contributed by atoms with E-state index in [0.29, 0.717) is 0 Å². The molecule has 9 nitrogen and oxygen atoms in total. The van der Waals surface area contributed by atoms with E-state index in [4.69, 9.17) is 10.2 Å². The lowest BCUT2D eigenvalue weighted by Gasteiger charge is -2.10. The molecule has 0 heterocycles.